The Morgan fingerprint density at radius 3 is 2.72 bits per heavy atom. The number of hydrogen-bond donors (Lipinski definition) is 1. The number of rotatable bonds is 3. The lowest BCUT2D eigenvalue weighted by Gasteiger charge is -2.21. The maximum absolute atomic E-state index is 11.5. The fourth-order valence-corrected chi connectivity index (χ4v) is 2.02. The molecule has 0 fully saturated rings. The van der Waals surface area contributed by atoms with Crippen molar-refractivity contribution in [1.29, 1.82) is 5.26 Å². The Labute approximate surface area is 109 Å². The third kappa shape index (κ3) is 4.18. The number of aldehydes is 1. The van der Waals surface area contributed by atoms with Gasteiger partial charge in [-0.25, -0.2) is 4.79 Å². The van der Waals surface area contributed by atoms with Gasteiger partial charge in [0.25, 0.3) is 0 Å². The maximum Gasteiger partial charge on any atom is 0.408 e. The van der Waals surface area contributed by atoms with Crippen molar-refractivity contribution in [2.45, 2.75) is 32.4 Å². The molecule has 0 bridgehead atoms. The van der Waals surface area contributed by atoms with Crippen molar-refractivity contribution in [2.75, 3.05) is 0 Å². The lowest BCUT2D eigenvalue weighted by atomic mass is 10.2. The number of nitriles is 1. The van der Waals surface area contributed by atoms with Gasteiger partial charge in [-0.3, -0.25) is 0 Å². The van der Waals surface area contributed by atoms with Gasteiger partial charge in [0.2, 0.25) is 0 Å². The highest BCUT2D eigenvalue weighted by molar-refractivity contribution is 7.10. The molecule has 6 heteroatoms. The van der Waals surface area contributed by atoms with Gasteiger partial charge in [-0.05, 0) is 26.8 Å². The minimum absolute atomic E-state index is 0.466. The Morgan fingerprint density at radius 2 is 2.28 bits per heavy atom. The number of nitrogens with zero attached hydrogens (tertiary/aromatic N) is 1. The van der Waals surface area contributed by atoms with Gasteiger partial charge in [0, 0.05) is 10.3 Å². The number of nitrogens with one attached hydrogen (secondary N) is 1. The highest BCUT2D eigenvalue weighted by atomic mass is 32.1. The number of carbonyl (C=O) groups is 2. The molecule has 0 radical (unpaired) electrons. The molecule has 18 heavy (non-hydrogen) atoms. The third-order valence-corrected chi connectivity index (χ3v) is 2.88. The fraction of sp³-hybridized carbons (Fsp3) is 0.417. The van der Waals surface area contributed by atoms with E-state index in [0.717, 1.165) is 0 Å². The van der Waals surface area contributed by atoms with E-state index in [1.54, 1.807) is 32.2 Å². The summed E-state index contributed by atoms with van der Waals surface area (Å²) in [5.41, 5.74) is -0.155. The summed E-state index contributed by atoms with van der Waals surface area (Å²) in [5.74, 6) is 0. The summed E-state index contributed by atoms with van der Waals surface area (Å²) in [4.78, 5) is 23.1. The van der Waals surface area contributed by atoms with E-state index in [-0.39, 0.29) is 0 Å². The molecule has 0 aliphatic carbocycles. The highest BCUT2D eigenvalue weighted by Crippen LogP contribution is 2.21. The lowest BCUT2D eigenvalue weighted by molar-refractivity contribution is -0.109. The van der Waals surface area contributed by atoms with E-state index in [4.69, 9.17) is 10.00 Å². The van der Waals surface area contributed by atoms with Crippen molar-refractivity contribution in [3.63, 3.8) is 0 Å². The van der Waals surface area contributed by atoms with Crippen molar-refractivity contribution in [3.05, 3.63) is 21.9 Å². The van der Waals surface area contributed by atoms with Crippen LogP contribution in [0.25, 0.3) is 0 Å². The molecule has 1 heterocycles. The van der Waals surface area contributed by atoms with Crippen molar-refractivity contribution in [1.82, 2.24) is 5.32 Å². The number of alkyl carbamates (subject to hydrolysis) is 1. The van der Waals surface area contributed by atoms with Gasteiger partial charge in [0.05, 0.1) is 5.56 Å². The van der Waals surface area contributed by atoms with E-state index in [1.165, 1.54) is 11.3 Å². The lowest BCUT2D eigenvalue weighted by Crippen LogP contribution is -2.35. The minimum atomic E-state index is -0.785. The molecule has 1 amide bonds. The number of ether oxygens (including phenoxy) is 1. The van der Waals surface area contributed by atoms with Crippen LogP contribution in [-0.2, 0) is 9.53 Å². The van der Waals surface area contributed by atoms with Gasteiger partial charge in [-0.15, -0.1) is 11.3 Å². The fourth-order valence-electron chi connectivity index (χ4n) is 1.18. The standard InChI is InChI=1S/C12H14N2O3S/c1-12(2,3)17-11(16)14-9(6-15)10-4-8(5-13)7-18-10/h4,6-7,9H,1-3H3,(H,14,16). The summed E-state index contributed by atoms with van der Waals surface area (Å²) in [5, 5.41) is 12.8. The van der Waals surface area contributed by atoms with Gasteiger partial charge in [0.15, 0.2) is 0 Å². The molecule has 1 unspecified atom stereocenters. The number of carbonyl (C=O) groups excluding carboxylic acids is 2. The second kappa shape index (κ2) is 5.65. The van der Waals surface area contributed by atoms with Crippen LogP contribution in [0.1, 0.15) is 37.3 Å². The zero-order valence-corrected chi connectivity index (χ0v) is 11.2. The third-order valence-electron chi connectivity index (χ3n) is 1.86. The van der Waals surface area contributed by atoms with Crippen molar-refractivity contribution in [2.24, 2.45) is 0 Å². The second-order valence-electron chi connectivity index (χ2n) is 4.61. The topological polar surface area (TPSA) is 79.2 Å². The van der Waals surface area contributed by atoms with Crippen LogP contribution < -0.4 is 5.32 Å². The number of thiophene rings is 1. The molecule has 0 aliphatic rings. The Morgan fingerprint density at radius 1 is 1.61 bits per heavy atom. The molecule has 0 saturated heterocycles. The van der Waals surface area contributed by atoms with Crippen LogP contribution in [0.4, 0.5) is 4.79 Å². The molecule has 0 aromatic carbocycles. The van der Waals surface area contributed by atoms with E-state index < -0.39 is 17.7 Å². The number of amides is 1. The number of hydrogen-bond acceptors (Lipinski definition) is 5. The average Bonchev–Trinajstić information content (AvgIpc) is 2.71. The first-order chi connectivity index (χ1) is 8.35. The zero-order valence-electron chi connectivity index (χ0n) is 10.4. The van der Waals surface area contributed by atoms with Crippen LogP contribution in [0.2, 0.25) is 0 Å². The van der Waals surface area contributed by atoms with Crippen LogP contribution in [0.15, 0.2) is 11.4 Å². The molecule has 1 aromatic heterocycles. The van der Waals surface area contributed by atoms with Gasteiger partial charge >= 0.3 is 6.09 Å². The van der Waals surface area contributed by atoms with E-state index in [2.05, 4.69) is 5.32 Å². The first-order valence-corrected chi connectivity index (χ1v) is 6.17. The summed E-state index contributed by atoms with van der Waals surface area (Å²) < 4.78 is 5.06. The summed E-state index contributed by atoms with van der Waals surface area (Å²) in [6, 6.07) is 2.75. The average molecular weight is 266 g/mol. The monoisotopic (exact) mass is 266 g/mol. The first kappa shape index (κ1) is 14.2. The summed E-state index contributed by atoms with van der Waals surface area (Å²) in [6.45, 7) is 5.21. The second-order valence-corrected chi connectivity index (χ2v) is 5.55. The predicted molar refractivity (Wildman–Crippen MR) is 67.2 cm³/mol. The van der Waals surface area contributed by atoms with Crippen molar-refractivity contribution in [3.8, 4) is 6.07 Å². The maximum atomic E-state index is 11.5. The highest BCUT2D eigenvalue weighted by Gasteiger charge is 2.21. The SMILES string of the molecule is CC(C)(C)OC(=O)NC(C=O)c1cc(C#N)cs1. The van der Waals surface area contributed by atoms with Crippen molar-refractivity contribution < 1.29 is 14.3 Å². The smallest absolute Gasteiger partial charge is 0.408 e. The van der Waals surface area contributed by atoms with E-state index >= 15 is 0 Å². The minimum Gasteiger partial charge on any atom is -0.444 e. The molecule has 0 spiro atoms. The first-order valence-electron chi connectivity index (χ1n) is 5.29. The van der Waals surface area contributed by atoms with Gasteiger partial charge in [-0.2, -0.15) is 5.26 Å². The molecular weight excluding hydrogens is 252 g/mol. The van der Waals surface area contributed by atoms with E-state index in [1.807, 2.05) is 6.07 Å². The van der Waals surface area contributed by atoms with Crippen LogP contribution in [-0.4, -0.2) is 18.0 Å². The quantitative estimate of drug-likeness (QED) is 0.852. The molecule has 96 valence electrons. The zero-order chi connectivity index (χ0) is 13.8. The Hall–Kier alpha value is -1.87. The normalized spacial score (nSPS) is 12.3. The summed E-state index contributed by atoms with van der Waals surface area (Å²) in [6.07, 6.45) is -0.0526. The van der Waals surface area contributed by atoms with Crippen LogP contribution in [0.5, 0.6) is 0 Å². The van der Waals surface area contributed by atoms with Gasteiger partial charge < -0.3 is 14.8 Å². The molecule has 1 rings (SSSR count). The molecule has 0 aliphatic heterocycles. The van der Waals surface area contributed by atoms with Crippen LogP contribution in [0, 0.1) is 11.3 Å². The Kier molecular flexibility index (Phi) is 4.45. The molecule has 1 N–H and O–H groups in total. The molecular formula is C12H14N2O3S. The van der Waals surface area contributed by atoms with Crippen LogP contribution in [0.3, 0.4) is 0 Å². The van der Waals surface area contributed by atoms with Crippen LogP contribution >= 0.6 is 11.3 Å². The predicted octanol–water partition coefficient (Wildman–Crippen LogP) is 2.38. The largest absolute Gasteiger partial charge is 0.444 e. The van der Waals surface area contributed by atoms with Crippen molar-refractivity contribution >= 4 is 23.7 Å². The molecule has 1 atom stereocenters. The van der Waals surface area contributed by atoms with E-state index in [9.17, 15) is 9.59 Å². The Balaban J connectivity index is 2.71. The molecule has 5 nitrogen and oxygen atoms in total. The molecule has 1 aromatic rings. The Bertz CT molecular complexity index is 482. The molecule has 0 saturated carbocycles. The van der Waals surface area contributed by atoms with Gasteiger partial charge in [-0.1, -0.05) is 0 Å². The summed E-state index contributed by atoms with van der Waals surface area (Å²) in [7, 11) is 0. The van der Waals surface area contributed by atoms with Gasteiger partial charge in [0.1, 0.15) is 24.0 Å². The summed E-state index contributed by atoms with van der Waals surface area (Å²) >= 11 is 1.24. The van der Waals surface area contributed by atoms with E-state index in [0.29, 0.717) is 16.7 Å².